The summed E-state index contributed by atoms with van der Waals surface area (Å²) in [6, 6.07) is 8.03. The second-order valence-electron chi connectivity index (χ2n) is 5.64. The summed E-state index contributed by atoms with van der Waals surface area (Å²) in [6.07, 6.45) is 1.08. The monoisotopic (exact) mass is 291 g/mol. The number of anilines is 1. The summed E-state index contributed by atoms with van der Waals surface area (Å²) in [5.41, 5.74) is 0.725. The molecule has 1 aliphatic rings. The predicted molar refractivity (Wildman–Crippen MR) is 84.7 cm³/mol. The number of ether oxygens (including phenoxy) is 1. The number of hydrogen-bond donors (Lipinski definition) is 2. The van der Waals surface area contributed by atoms with Crippen LogP contribution in [-0.2, 0) is 4.79 Å². The number of rotatable bonds is 5. The Balaban J connectivity index is 1.88. The van der Waals surface area contributed by atoms with Gasteiger partial charge in [0.1, 0.15) is 5.75 Å². The van der Waals surface area contributed by atoms with E-state index in [2.05, 4.69) is 22.5 Å². The number of carbonyl (C=O) groups is 1. The average molecular weight is 291 g/mol. The van der Waals surface area contributed by atoms with Gasteiger partial charge in [-0.2, -0.15) is 0 Å². The lowest BCUT2D eigenvalue weighted by Gasteiger charge is -2.36. The number of likely N-dealkylation sites (tertiary alicyclic amines) is 1. The first kappa shape index (κ1) is 15.8. The Morgan fingerprint density at radius 1 is 1.43 bits per heavy atom. The van der Waals surface area contributed by atoms with Crippen molar-refractivity contribution in [1.82, 2.24) is 10.2 Å². The molecule has 1 amide bonds. The Morgan fingerprint density at radius 3 is 2.86 bits per heavy atom. The molecule has 2 unspecified atom stereocenters. The first-order valence-electron chi connectivity index (χ1n) is 7.46. The van der Waals surface area contributed by atoms with Crippen LogP contribution in [0.3, 0.4) is 0 Å². The minimum atomic E-state index is 0.00890. The van der Waals surface area contributed by atoms with Crippen LogP contribution in [0.5, 0.6) is 5.75 Å². The Morgan fingerprint density at radius 2 is 2.19 bits per heavy atom. The van der Waals surface area contributed by atoms with E-state index in [1.807, 2.05) is 31.3 Å². The van der Waals surface area contributed by atoms with E-state index in [-0.39, 0.29) is 5.91 Å². The van der Waals surface area contributed by atoms with Crippen LogP contribution in [0.15, 0.2) is 24.3 Å². The number of para-hydroxylation sites is 2. The maximum absolute atomic E-state index is 12.2. The number of hydrogen-bond acceptors (Lipinski definition) is 4. The Kier molecular flexibility index (Phi) is 5.59. The molecule has 0 saturated carbocycles. The fourth-order valence-electron chi connectivity index (χ4n) is 2.95. The van der Waals surface area contributed by atoms with E-state index in [0.717, 1.165) is 25.2 Å². The third-order valence-corrected chi connectivity index (χ3v) is 4.11. The molecule has 5 nitrogen and oxygen atoms in total. The summed E-state index contributed by atoms with van der Waals surface area (Å²) in [6.45, 7) is 4.56. The van der Waals surface area contributed by atoms with Gasteiger partial charge in [0.15, 0.2) is 0 Å². The highest BCUT2D eigenvalue weighted by molar-refractivity contribution is 5.93. The molecular formula is C16H25N3O2. The van der Waals surface area contributed by atoms with E-state index in [1.165, 1.54) is 0 Å². The summed E-state index contributed by atoms with van der Waals surface area (Å²) in [5, 5.41) is 6.27. The molecule has 1 aliphatic heterocycles. The molecule has 1 aromatic rings. The maximum Gasteiger partial charge on any atom is 0.238 e. The number of benzene rings is 1. The van der Waals surface area contributed by atoms with Crippen LogP contribution in [-0.4, -0.2) is 50.6 Å². The van der Waals surface area contributed by atoms with E-state index in [9.17, 15) is 4.79 Å². The van der Waals surface area contributed by atoms with Crippen molar-refractivity contribution in [2.75, 3.05) is 39.1 Å². The van der Waals surface area contributed by atoms with Crippen molar-refractivity contribution in [3.05, 3.63) is 24.3 Å². The Bertz CT molecular complexity index is 478. The van der Waals surface area contributed by atoms with Crippen LogP contribution in [0.2, 0.25) is 0 Å². The topological polar surface area (TPSA) is 53.6 Å². The average Bonchev–Trinajstić information content (AvgIpc) is 2.48. The van der Waals surface area contributed by atoms with Crippen LogP contribution >= 0.6 is 0 Å². The molecule has 2 atom stereocenters. The lowest BCUT2D eigenvalue weighted by Crippen LogP contribution is -2.49. The number of amides is 1. The largest absolute Gasteiger partial charge is 0.495 e. The molecule has 0 spiro atoms. The molecule has 0 aromatic heterocycles. The van der Waals surface area contributed by atoms with Gasteiger partial charge < -0.3 is 15.4 Å². The smallest absolute Gasteiger partial charge is 0.238 e. The van der Waals surface area contributed by atoms with Gasteiger partial charge in [0, 0.05) is 19.1 Å². The number of nitrogens with zero attached hydrogens (tertiary/aromatic N) is 1. The number of piperidine rings is 1. The normalized spacial score (nSPS) is 22.8. The highest BCUT2D eigenvalue weighted by Crippen LogP contribution is 2.23. The first-order chi connectivity index (χ1) is 10.1. The maximum atomic E-state index is 12.2. The van der Waals surface area contributed by atoms with E-state index in [4.69, 9.17) is 4.74 Å². The standard InChI is InChI=1S/C16H25N3O2/c1-12-10-19(9-8-13(12)17-2)11-16(20)18-14-6-4-5-7-15(14)21-3/h4-7,12-13,17H,8-11H2,1-3H3,(H,18,20). The molecular weight excluding hydrogens is 266 g/mol. The van der Waals surface area contributed by atoms with Gasteiger partial charge in [-0.25, -0.2) is 0 Å². The van der Waals surface area contributed by atoms with Gasteiger partial charge in [0.2, 0.25) is 5.91 Å². The third-order valence-electron chi connectivity index (χ3n) is 4.11. The van der Waals surface area contributed by atoms with Gasteiger partial charge >= 0.3 is 0 Å². The molecule has 2 rings (SSSR count). The summed E-state index contributed by atoms with van der Waals surface area (Å²) in [4.78, 5) is 14.4. The van der Waals surface area contributed by atoms with Gasteiger partial charge in [0.25, 0.3) is 0 Å². The number of nitrogens with one attached hydrogen (secondary N) is 2. The van der Waals surface area contributed by atoms with Crippen LogP contribution < -0.4 is 15.4 Å². The van der Waals surface area contributed by atoms with Crippen molar-refractivity contribution in [1.29, 1.82) is 0 Å². The van der Waals surface area contributed by atoms with Crippen molar-refractivity contribution in [2.24, 2.45) is 5.92 Å². The third kappa shape index (κ3) is 4.19. The van der Waals surface area contributed by atoms with Crippen molar-refractivity contribution in [3.63, 3.8) is 0 Å². The summed E-state index contributed by atoms with van der Waals surface area (Å²) < 4.78 is 5.25. The lowest BCUT2D eigenvalue weighted by molar-refractivity contribution is -0.117. The zero-order valence-electron chi connectivity index (χ0n) is 13.1. The molecule has 1 aromatic carbocycles. The minimum absolute atomic E-state index is 0.00890. The van der Waals surface area contributed by atoms with Crippen LogP contribution in [0.25, 0.3) is 0 Å². The zero-order chi connectivity index (χ0) is 15.2. The second-order valence-corrected chi connectivity index (χ2v) is 5.64. The highest BCUT2D eigenvalue weighted by Gasteiger charge is 2.25. The highest BCUT2D eigenvalue weighted by atomic mass is 16.5. The molecule has 2 N–H and O–H groups in total. The molecule has 1 fully saturated rings. The van der Waals surface area contributed by atoms with E-state index >= 15 is 0 Å². The van der Waals surface area contributed by atoms with Crippen LogP contribution in [0, 0.1) is 5.92 Å². The van der Waals surface area contributed by atoms with E-state index in [0.29, 0.717) is 24.3 Å². The minimum Gasteiger partial charge on any atom is -0.495 e. The van der Waals surface area contributed by atoms with Gasteiger partial charge in [-0.3, -0.25) is 9.69 Å². The number of carbonyl (C=O) groups excluding carboxylic acids is 1. The van der Waals surface area contributed by atoms with Gasteiger partial charge in [-0.15, -0.1) is 0 Å². The molecule has 1 saturated heterocycles. The molecule has 0 radical (unpaired) electrons. The fourth-order valence-corrected chi connectivity index (χ4v) is 2.95. The molecule has 116 valence electrons. The van der Waals surface area contributed by atoms with Crippen LogP contribution in [0.4, 0.5) is 5.69 Å². The molecule has 21 heavy (non-hydrogen) atoms. The zero-order valence-corrected chi connectivity index (χ0v) is 13.1. The summed E-state index contributed by atoms with van der Waals surface area (Å²) in [5.74, 6) is 1.26. The SMILES string of the molecule is CNC1CCN(CC(=O)Nc2ccccc2OC)CC1C. The summed E-state index contributed by atoms with van der Waals surface area (Å²) >= 11 is 0. The van der Waals surface area contributed by atoms with Crippen molar-refractivity contribution in [3.8, 4) is 5.75 Å². The fraction of sp³-hybridized carbons (Fsp3) is 0.562. The van der Waals surface area contributed by atoms with Crippen LogP contribution in [0.1, 0.15) is 13.3 Å². The molecule has 1 heterocycles. The quantitative estimate of drug-likeness (QED) is 0.864. The molecule has 0 aliphatic carbocycles. The van der Waals surface area contributed by atoms with E-state index in [1.54, 1.807) is 7.11 Å². The van der Waals surface area contributed by atoms with Crippen molar-refractivity contribution in [2.45, 2.75) is 19.4 Å². The van der Waals surface area contributed by atoms with Gasteiger partial charge in [-0.05, 0) is 31.5 Å². The molecule has 0 bridgehead atoms. The second kappa shape index (κ2) is 7.43. The lowest BCUT2D eigenvalue weighted by atomic mass is 9.94. The Hall–Kier alpha value is -1.59. The van der Waals surface area contributed by atoms with Gasteiger partial charge in [0.05, 0.1) is 19.3 Å². The summed E-state index contributed by atoms with van der Waals surface area (Å²) in [7, 11) is 3.61. The molecule has 5 heteroatoms. The van der Waals surface area contributed by atoms with E-state index < -0.39 is 0 Å². The van der Waals surface area contributed by atoms with Crippen molar-refractivity contribution < 1.29 is 9.53 Å². The first-order valence-corrected chi connectivity index (χ1v) is 7.46. The number of methoxy groups -OCH3 is 1. The van der Waals surface area contributed by atoms with Gasteiger partial charge in [-0.1, -0.05) is 19.1 Å². The van der Waals surface area contributed by atoms with Crippen molar-refractivity contribution >= 4 is 11.6 Å². The predicted octanol–water partition coefficient (Wildman–Crippen LogP) is 1.56. The Labute approximate surface area is 126 Å².